The van der Waals surface area contributed by atoms with Crippen molar-refractivity contribution >= 4 is 28.4 Å². The zero-order valence-electron chi connectivity index (χ0n) is 24.7. The van der Waals surface area contributed by atoms with E-state index in [4.69, 9.17) is 0 Å². The third kappa shape index (κ3) is 5.29. The zero-order valence-corrected chi connectivity index (χ0v) is 24.7. The molecule has 0 aliphatic carbocycles. The number of halogens is 15. The first-order chi connectivity index (χ1) is 23.5. The minimum absolute atomic E-state index is 0.0689. The van der Waals surface area contributed by atoms with Gasteiger partial charge in [0.15, 0.2) is 52.4 Å². The molecule has 0 saturated carbocycles. The highest BCUT2D eigenvalue weighted by Gasteiger charge is 2.58. The second-order valence-electron chi connectivity index (χ2n) is 10.8. The average molecular weight is 721 g/mol. The van der Waals surface area contributed by atoms with Crippen LogP contribution < -0.4 is 16.4 Å². The molecule has 50 heavy (non-hydrogen) atoms. The molecule has 0 aliphatic heterocycles. The molecule has 0 saturated heterocycles. The van der Waals surface area contributed by atoms with E-state index in [9.17, 15) is 13.2 Å². The molecule has 0 atom stereocenters. The van der Waals surface area contributed by atoms with E-state index in [1.807, 2.05) is 0 Å². The van der Waals surface area contributed by atoms with Gasteiger partial charge in [-0.3, -0.25) is 0 Å². The van der Waals surface area contributed by atoms with Gasteiger partial charge < -0.3 is 4.49 Å². The van der Waals surface area contributed by atoms with E-state index >= 15 is 52.7 Å². The van der Waals surface area contributed by atoms with Gasteiger partial charge in [0, 0.05) is 18.1 Å². The van der Waals surface area contributed by atoms with Crippen LogP contribution in [-0.4, -0.2) is 16.5 Å². The van der Waals surface area contributed by atoms with Crippen LogP contribution in [0.1, 0.15) is 18.1 Å². The minimum Gasteiger partial charge on any atom is -0.438 e. The molecule has 5 rings (SSSR count). The normalized spacial score (nSPS) is 12.4. The highest BCUT2D eigenvalue weighted by atomic mass is 19.2. The van der Waals surface area contributed by atoms with Crippen molar-refractivity contribution in [2.45, 2.75) is 13.5 Å². The second-order valence-corrected chi connectivity index (χ2v) is 10.8. The lowest BCUT2D eigenvalue weighted by Crippen LogP contribution is -2.79. The van der Waals surface area contributed by atoms with E-state index in [1.54, 1.807) is 0 Å². The number of benzene rings is 5. The van der Waals surface area contributed by atoms with Crippen molar-refractivity contribution in [1.29, 1.82) is 0 Å². The van der Waals surface area contributed by atoms with Gasteiger partial charge in [-0.15, -0.1) is 0 Å². The maximum atomic E-state index is 16.2. The summed E-state index contributed by atoms with van der Waals surface area (Å²) in [6.45, 7) is -0.376. The Hall–Kier alpha value is -5.22. The fraction of sp³-hybridized carbons (Fsp3) is 0.0606. The largest absolute Gasteiger partial charge is 0.438 e. The summed E-state index contributed by atoms with van der Waals surface area (Å²) in [7, 11) is 0. The molecule has 0 unspecified atom stereocenters. The van der Waals surface area contributed by atoms with E-state index in [1.165, 1.54) is 36.4 Å². The molecular formula is C33H15BF15N. The Morgan fingerprint density at radius 3 is 0.960 bits per heavy atom. The lowest BCUT2D eigenvalue weighted by atomic mass is 9.22. The molecular weight excluding hydrogens is 706 g/mol. The highest BCUT2D eigenvalue weighted by Crippen LogP contribution is 2.30. The van der Waals surface area contributed by atoms with Crippen molar-refractivity contribution in [2.24, 2.45) is 0 Å². The molecule has 0 radical (unpaired) electrons. The summed E-state index contributed by atoms with van der Waals surface area (Å²) >= 11 is 0. The van der Waals surface area contributed by atoms with Crippen molar-refractivity contribution < 1.29 is 70.3 Å². The van der Waals surface area contributed by atoms with Crippen LogP contribution in [0.15, 0.2) is 60.7 Å². The molecule has 5 aromatic carbocycles. The first-order valence-corrected chi connectivity index (χ1v) is 13.9. The maximum absolute atomic E-state index is 16.2. The summed E-state index contributed by atoms with van der Waals surface area (Å²) in [6, 6.07) is 12.2. The topological polar surface area (TPSA) is 3.01 Å². The van der Waals surface area contributed by atoms with Crippen molar-refractivity contribution in [3.05, 3.63) is 159 Å². The Bertz CT molecular complexity index is 1950. The Labute approximate surface area is 271 Å². The zero-order chi connectivity index (χ0) is 37.0. The van der Waals surface area contributed by atoms with Gasteiger partial charge >= 0.3 is 6.28 Å². The van der Waals surface area contributed by atoms with Crippen LogP contribution in [0.2, 0.25) is 0 Å². The third-order valence-electron chi connectivity index (χ3n) is 8.27. The molecule has 0 aromatic heterocycles. The predicted octanol–water partition coefficient (Wildman–Crippen LogP) is 7.46. The van der Waals surface area contributed by atoms with Crippen LogP contribution in [0.4, 0.5) is 65.9 Å². The van der Waals surface area contributed by atoms with E-state index in [2.05, 4.69) is 0 Å². The molecule has 0 heterocycles. The number of hydrogen-bond donors (Lipinski definition) is 0. The van der Waals surface area contributed by atoms with Gasteiger partial charge in [-0.25, -0.2) is 65.9 Å². The molecule has 1 nitrogen and oxygen atoms in total. The summed E-state index contributed by atoms with van der Waals surface area (Å²) in [5, 5.41) is 0. The first-order valence-electron chi connectivity index (χ1n) is 13.9. The van der Waals surface area contributed by atoms with Gasteiger partial charge in [0.05, 0.1) is 0 Å². The van der Waals surface area contributed by atoms with Crippen LogP contribution in [-0.2, 0) is 6.54 Å². The Kier molecular flexibility index (Phi) is 9.56. The van der Waals surface area contributed by atoms with Crippen LogP contribution in [0.25, 0.3) is 0 Å². The monoisotopic (exact) mass is 721 g/mol. The van der Waals surface area contributed by atoms with Gasteiger partial charge in [-0.2, -0.15) is 0 Å². The molecule has 0 fully saturated rings. The van der Waals surface area contributed by atoms with Gasteiger partial charge in [0.25, 0.3) is 0 Å². The minimum atomic E-state index is -6.00. The summed E-state index contributed by atoms with van der Waals surface area (Å²) in [5.41, 5.74) is -9.31. The number of hydrogen-bond acceptors (Lipinski definition) is 0. The molecule has 17 heteroatoms. The quantitative estimate of drug-likeness (QED) is 0.0540. The van der Waals surface area contributed by atoms with Crippen molar-refractivity contribution in [3.8, 4) is 0 Å². The molecule has 0 amide bonds. The molecule has 0 N–H and O–H groups in total. The number of nitrogens with zero attached hydrogens (tertiary/aromatic N) is 1. The fourth-order valence-electron chi connectivity index (χ4n) is 6.04. The average Bonchev–Trinajstić information content (AvgIpc) is 3.12. The summed E-state index contributed by atoms with van der Waals surface area (Å²) in [4.78, 5) is 0. The Morgan fingerprint density at radius 2 is 0.660 bits per heavy atom. The molecule has 0 aliphatic rings. The van der Waals surface area contributed by atoms with E-state index in [0.29, 0.717) is 0 Å². The molecule has 0 spiro atoms. The van der Waals surface area contributed by atoms with Gasteiger partial charge in [-0.05, 0) is 28.5 Å². The van der Waals surface area contributed by atoms with Crippen molar-refractivity contribution in [2.75, 3.05) is 0 Å². The Morgan fingerprint density at radius 1 is 0.400 bits per heavy atom. The van der Waals surface area contributed by atoms with Crippen molar-refractivity contribution in [1.82, 2.24) is 0 Å². The predicted molar refractivity (Wildman–Crippen MR) is 150 cm³/mol. The van der Waals surface area contributed by atoms with Crippen LogP contribution in [0, 0.1) is 87.3 Å². The SMILES string of the molecule is CC(c1ccccc1)=[N+](Cc1ccccc1)[B-](c1c(F)c(F)c(F)c(F)c1F)(c1c(F)c(F)c(F)c(F)c1F)c1c(F)c(F)c(F)c(F)c1F. The lowest BCUT2D eigenvalue weighted by Gasteiger charge is -2.41. The summed E-state index contributed by atoms with van der Waals surface area (Å²) in [5.74, 6) is -45.8. The highest BCUT2D eigenvalue weighted by molar-refractivity contribution is 7.06. The Balaban J connectivity index is 2.30. The first kappa shape index (κ1) is 36.1. The smallest absolute Gasteiger partial charge is 0.372 e. The van der Waals surface area contributed by atoms with E-state index in [-0.39, 0.29) is 15.6 Å². The van der Waals surface area contributed by atoms with E-state index < -0.39 is 122 Å². The van der Waals surface area contributed by atoms with Crippen LogP contribution >= 0.6 is 0 Å². The second kappa shape index (κ2) is 13.2. The van der Waals surface area contributed by atoms with Gasteiger partial charge in [-0.1, -0.05) is 48.5 Å². The molecule has 260 valence electrons. The van der Waals surface area contributed by atoms with Crippen LogP contribution in [0.3, 0.4) is 0 Å². The van der Waals surface area contributed by atoms with Crippen LogP contribution in [0.5, 0.6) is 0 Å². The van der Waals surface area contributed by atoms with E-state index in [0.717, 1.165) is 31.2 Å². The molecule has 5 aromatic rings. The van der Waals surface area contributed by atoms with Gasteiger partial charge in [0.2, 0.25) is 0 Å². The maximum Gasteiger partial charge on any atom is 0.372 e. The standard InChI is InChI=1S/C33H15BF15N/c1-13(15-10-6-3-7-11-15)50(12-14-8-4-2-5-9-14)34(16-19(35)25(41)31(47)26(42)20(16)36,17-21(37)27(43)32(48)28(44)22(17)38)18-23(39)29(45)33(49)30(46)24(18)40/h2-11H,12H2,1H3. The third-order valence-corrected chi connectivity index (χ3v) is 8.27. The summed E-state index contributed by atoms with van der Waals surface area (Å²) < 4.78 is 231. The van der Waals surface area contributed by atoms with Gasteiger partial charge in [0.1, 0.15) is 47.2 Å². The lowest BCUT2D eigenvalue weighted by molar-refractivity contribution is -0.410. The summed E-state index contributed by atoms with van der Waals surface area (Å²) in [6.07, 6.45) is -6.00. The fourth-order valence-corrected chi connectivity index (χ4v) is 6.04. The van der Waals surface area contributed by atoms with Crippen molar-refractivity contribution in [3.63, 3.8) is 0 Å². The number of rotatable bonds is 7. The molecule has 0 bridgehead atoms.